The number of thiol groups is 1. The van der Waals surface area contributed by atoms with Crippen LogP contribution in [0.5, 0.6) is 0 Å². The Kier molecular flexibility index (Phi) is 18.8. The van der Waals surface area contributed by atoms with Gasteiger partial charge in [0.25, 0.3) is 0 Å². The summed E-state index contributed by atoms with van der Waals surface area (Å²) in [4.78, 5) is 24.5. The van der Waals surface area contributed by atoms with Crippen LogP contribution in [0.1, 0.15) is 94.4 Å². The van der Waals surface area contributed by atoms with Crippen molar-refractivity contribution in [1.82, 2.24) is 5.32 Å². The second-order valence-corrected chi connectivity index (χ2v) is 21.1. The van der Waals surface area contributed by atoms with E-state index in [0.717, 1.165) is 25.0 Å². The highest BCUT2D eigenvalue weighted by Crippen LogP contribution is 2.41. The van der Waals surface area contributed by atoms with E-state index in [2.05, 4.69) is 51.0 Å². The van der Waals surface area contributed by atoms with Gasteiger partial charge in [0.15, 0.2) is 5.78 Å². The molecule has 238 valence electrons. The van der Waals surface area contributed by atoms with Gasteiger partial charge in [-0.15, -0.1) is 0 Å². The maximum Gasteiger partial charge on any atom is 0.398 e. The molecular weight excluding hydrogens is 631 g/mol. The first-order valence-corrected chi connectivity index (χ1v) is 19.9. The number of nitrogens with one attached hydrogen (secondary N) is 1. The molecule has 0 aromatic heterocycles. The van der Waals surface area contributed by atoms with E-state index in [-0.39, 0.29) is 32.4 Å². The SMILES string of the molecule is CC(C)(C)SSCCC(=O)NCCCOC[C@](C)(S)CCC(C)(C)SSCCC(OS(=O)(=O)O)C(=O)C(C)(C)C. The van der Waals surface area contributed by atoms with Crippen LogP contribution >= 0.6 is 55.8 Å². The molecular formula is C26H51NO7S6. The number of amides is 1. The van der Waals surface area contributed by atoms with Gasteiger partial charge in [-0.1, -0.05) is 84.7 Å². The molecule has 0 aliphatic carbocycles. The van der Waals surface area contributed by atoms with Crippen molar-refractivity contribution in [3.63, 3.8) is 0 Å². The molecule has 0 heterocycles. The Labute approximate surface area is 264 Å². The predicted octanol–water partition coefficient (Wildman–Crippen LogP) is 6.90. The summed E-state index contributed by atoms with van der Waals surface area (Å²) in [6, 6.07) is 0. The highest BCUT2D eigenvalue weighted by Gasteiger charge is 2.33. The van der Waals surface area contributed by atoms with E-state index in [4.69, 9.17) is 21.9 Å². The van der Waals surface area contributed by atoms with E-state index in [9.17, 15) is 18.0 Å². The van der Waals surface area contributed by atoms with Gasteiger partial charge in [-0.25, -0.2) is 4.18 Å². The summed E-state index contributed by atoms with van der Waals surface area (Å²) in [6.07, 6.45) is 1.93. The lowest BCUT2D eigenvalue weighted by Crippen LogP contribution is -2.36. The molecule has 0 aromatic carbocycles. The molecule has 0 spiro atoms. The third kappa shape index (κ3) is 23.2. The zero-order valence-electron chi connectivity index (χ0n) is 25.5. The van der Waals surface area contributed by atoms with Gasteiger partial charge in [-0.2, -0.15) is 21.0 Å². The molecule has 0 aliphatic heterocycles. The molecule has 0 bridgehead atoms. The first-order valence-electron chi connectivity index (χ1n) is 13.4. The molecule has 8 nitrogen and oxygen atoms in total. The fourth-order valence-corrected chi connectivity index (χ4v) is 8.62. The van der Waals surface area contributed by atoms with Crippen LogP contribution in [-0.2, 0) is 28.9 Å². The minimum atomic E-state index is -4.72. The summed E-state index contributed by atoms with van der Waals surface area (Å²) in [5.41, 5.74) is -0.788. The largest absolute Gasteiger partial charge is 0.398 e. The molecule has 1 amide bonds. The minimum Gasteiger partial charge on any atom is -0.380 e. The smallest absolute Gasteiger partial charge is 0.380 e. The minimum absolute atomic E-state index is 0.0703. The molecule has 14 heteroatoms. The average Bonchev–Trinajstić information content (AvgIpc) is 2.77. The van der Waals surface area contributed by atoms with E-state index in [0.29, 0.717) is 31.9 Å². The number of rotatable bonds is 21. The van der Waals surface area contributed by atoms with Crippen LogP contribution in [0.25, 0.3) is 0 Å². The predicted molar refractivity (Wildman–Crippen MR) is 179 cm³/mol. The van der Waals surface area contributed by atoms with Gasteiger partial charge >= 0.3 is 10.4 Å². The highest BCUT2D eigenvalue weighted by molar-refractivity contribution is 8.77. The third-order valence-electron chi connectivity index (χ3n) is 5.20. The normalized spacial score (nSPS) is 15.5. The van der Waals surface area contributed by atoms with Crippen LogP contribution in [0.2, 0.25) is 0 Å². The first-order chi connectivity index (χ1) is 18.0. The van der Waals surface area contributed by atoms with Crippen molar-refractivity contribution in [2.45, 2.75) is 115 Å². The summed E-state index contributed by atoms with van der Waals surface area (Å²) in [5.74, 6) is 0.992. The Morgan fingerprint density at radius 3 is 2.10 bits per heavy atom. The van der Waals surface area contributed by atoms with Crippen molar-refractivity contribution in [1.29, 1.82) is 0 Å². The van der Waals surface area contributed by atoms with Gasteiger partial charge in [0.2, 0.25) is 5.91 Å². The maximum absolute atomic E-state index is 12.5. The summed E-state index contributed by atoms with van der Waals surface area (Å²) in [5, 5.41) is 2.94. The number of hydrogen-bond donors (Lipinski definition) is 3. The van der Waals surface area contributed by atoms with Crippen LogP contribution in [0.4, 0.5) is 0 Å². The summed E-state index contributed by atoms with van der Waals surface area (Å²) in [7, 11) is 2.01. The number of ether oxygens (including phenoxy) is 1. The maximum atomic E-state index is 12.5. The summed E-state index contributed by atoms with van der Waals surface area (Å²) in [6.45, 7) is 19.5. The molecule has 0 saturated heterocycles. The zero-order chi connectivity index (χ0) is 31.3. The van der Waals surface area contributed by atoms with Gasteiger partial charge in [0.1, 0.15) is 6.10 Å². The Morgan fingerprint density at radius 2 is 1.55 bits per heavy atom. The summed E-state index contributed by atoms with van der Waals surface area (Å²) >= 11 is 4.80. The van der Waals surface area contributed by atoms with E-state index in [1.165, 1.54) is 0 Å². The second-order valence-electron chi connectivity index (χ2n) is 12.6. The molecule has 0 aliphatic rings. The quantitative estimate of drug-likeness (QED) is 0.0508. The Hall–Kier alpha value is 0.720. The van der Waals surface area contributed by atoms with E-state index < -0.39 is 21.9 Å². The Bertz CT molecular complexity index is 868. The highest BCUT2D eigenvalue weighted by atomic mass is 33.1. The van der Waals surface area contributed by atoms with Gasteiger partial charge < -0.3 is 10.1 Å². The molecule has 0 fully saturated rings. The van der Waals surface area contributed by atoms with E-state index >= 15 is 0 Å². The average molecular weight is 682 g/mol. The topological polar surface area (TPSA) is 119 Å². The standard InChI is InChI=1S/C26H51NO7S6/c1-23(2,3)22(29)20(34-40(30,31)32)11-17-37-39-25(7,8)13-14-26(9,35)19-33-16-10-15-27-21(28)12-18-36-38-24(4,5)6/h20,35H,10-19H2,1-9H3,(H,27,28)(H,30,31,32)/t20?,26-/m1/s1. The van der Waals surface area contributed by atoms with Crippen molar-refractivity contribution < 1.29 is 31.5 Å². The van der Waals surface area contributed by atoms with Crippen LogP contribution < -0.4 is 5.32 Å². The van der Waals surface area contributed by atoms with Crippen LogP contribution in [0.3, 0.4) is 0 Å². The van der Waals surface area contributed by atoms with Gasteiger partial charge in [0.05, 0.1) is 6.61 Å². The number of Topliss-reactive ketones (excluding diaryl/α,β-unsaturated/α-hetero) is 1. The Balaban J connectivity index is 4.25. The van der Waals surface area contributed by atoms with Crippen molar-refractivity contribution in [2.24, 2.45) is 5.41 Å². The zero-order valence-corrected chi connectivity index (χ0v) is 30.5. The van der Waals surface area contributed by atoms with Crippen molar-refractivity contribution in [2.75, 3.05) is 31.3 Å². The number of ketones is 1. The van der Waals surface area contributed by atoms with E-state index in [1.54, 1.807) is 63.9 Å². The van der Waals surface area contributed by atoms with Crippen molar-refractivity contribution >= 4 is 77.9 Å². The molecule has 2 atom stereocenters. The lowest BCUT2D eigenvalue weighted by molar-refractivity contribution is -0.133. The monoisotopic (exact) mass is 681 g/mol. The van der Waals surface area contributed by atoms with Crippen LogP contribution in [0.15, 0.2) is 0 Å². The van der Waals surface area contributed by atoms with Gasteiger partial charge in [-0.3, -0.25) is 14.1 Å². The number of carbonyl (C=O) groups is 2. The molecule has 2 N–H and O–H groups in total. The number of carbonyl (C=O) groups excluding carboxylic acids is 2. The first kappa shape index (κ1) is 40.7. The van der Waals surface area contributed by atoms with Crippen molar-refractivity contribution in [3.8, 4) is 0 Å². The summed E-state index contributed by atoms with van der Waals surface area (Å²) < 4.78 is 41.8. The van der Waals surface area contributed by atoms with Crippen LogP contribution in [-0.4, -0.2) is 76.3 Å². The molecule has 0 rings (SSSR count). The van der Waals surface area contributed by atoms with Crippen LogP contribution in [0, 0.1) is 5.41 Å². The fourth-order valence-electron chi connectivity index (χ4n) is 3.03. The number of hydrogen-bond acceptors (Lipinski definition) is 11. The Morgan fingerprint density at radius 1 is 0.950 bits per heavy atom. The molecule has 0 radical (unpaired) electrons. The third-order valence-corrected chi connectivity index (χ3v) is 12.8. The molecule has 1 unspecified atom stereocenters. The molecule has 0 aromatic rings. The lowest BCUT2D eigenvalue weighted by Gasteiger charge is -2.30. The van der Waals surface area contributed by atoms with Gasteiger partial charge in [-0.05, 0) is 46.5 Å². The molecule has 40 heavy (non-hydrogen) atoms. The lowest BCUT2D eigenvalue weighted by atomic mass is 9.87. The van der Waals surface area contributed by atoms with E-state index in [1.807, 2.05) is 0 Å². The second kappa shape index (κ2) is 18.5. The fraction of sp³-hybridized carbons (Fsp3) is 0.923. The van der Waals surface area contributed by atoms with Gasteiger partial charge in [0, 0.05) is 50.7 Å². The molecule has 0 saturated carbocycles. The van der Waals surface area contributed by atoms with Crippen molar-refractivity contribution in [3.05, 3.63) is 0 Å².